The Morgan fingerprint density at radius 2 is 2.15 bits per heavy atom. The third kappa shape index (κ3) is 1.63. The summed E-state index contributed by atoms with van der Waals surface area (Å²) in [5, 5.41) is 0. The standard InChI is InChI=1S/C11H13NO/c1-9(12-7-11(12)8-13)10-5-3-2-4-6-10/h2-6,8-9,11H,7H2,1H3/t9-,11-,12?/m0/s1. The van der Waals surface area contributed by atoms with Gasteiger partial charge in [-0.3, -0.25) is 4.90 Å². The molecule has 0 amide bonds. The van der Waals surface area contributed by atoms with Gasteiger partial charge in [0.1, 0.15) is 6.29 Å². The maximum Gasteiger partial charge on any atom is 0.138 e. The molecule has 1 aromatic rings. The van der Waals surface area contributed by atoms with Crippen molar-refractivity contribution < 1.29 is 4.79 Å². The van der Waals surface area contributed by atoms with Crippen LogP contribution in [0.4, 0.5) is 0 Å². The van der Waals surface area contributed by atoms with Crippen molar-refractivity contribution in [2.24, 2.45) is 0 Å². The Kier molecular flexibility index (Phi) is 2.15. The van der Waals surface area contributed by atoms with Crippen molar-refractivity contribution in [3.63, 3.8) is 0 Å². The molecule has 0 saturated carbocycles. The highest BCUT2D eigenvalue weighted by Gasteiger charge is 2.37. The van der Waals surface area contributed by atoms with E-state index in [0.717, 1.165) is 12.8 Å². The predicted molar refractivity (Wildman–Crippen MR) is 51.4 cm³/mol. The summed E-state index contributed by atoms with van der Waals surface area (Å²) in [6.45, 7) is 3.05. The van der Waals surface area contributed by atoms with Gasteiger partial charge in [0.25, 0.3) is 0 Å². The van der Waals surface area contributed by atoms with Crippen LogP contribution >= 0.6 is 0 Å². The Balaban J connectivity index is 2.07. The lowest BCUT2D eigenvalue weighted by molar-refractivity contribution is -0.108. The Labute approximate surface area is 78.2 Å². The molecule has 3 atom stereocenters. The zero-order valence-corrected chi connectivity index (χ0v) is 7.68. The molecule has 2 nitrogen and oxygen atoms in total. The predicted octanol–water partition coefficient (Wildman–Crippen LogP) is 1.63. The fraction of sp³-hybridized carbons (Fsp3) is 0.364. The maximum absolute atomic E-state index is 10.5. The maximum atomic E-state index is 10.5. The van der Waals surface area contributed by atoms with Crippen LogP contribution in [0, 0.1) is 0 Å². The monoisotopic (exact) mass is 175 g/mol. The summed E-state index contributed by atoms with van der Waals surface area (Å²) in [4.78, 5) is 12.7. The minimum absolute atomic E-state index is 0.162. The van der Waals surface area contributed by atoms with E-state index in [-0.39, 0.29) is 6.04 Å². The molecule has 1 heterocycles. The number of carbonyl (C=O) groups excluding carboxylic acids is 1. The summed E-state index contributed by atoms with van der Waals surface area (Å²) in [6, 6.07) is 10.8. The summed E-state index contributed by atoms with van der Waals surface area (Å²) in [5.74, 6) is 0. The van der Waals surface area contributed by atoms with Crippen LogP contribution in [-0.2, 0) is 4.79 Å². The molecule has 0 radical (unpaired) electrons. The summed E-state index contributed by atoms with van der Waals surface area (Å²) in [6.07, 6.45) is 1.03. The van der Waals surface area contributed by atoms with Crippen LogP contribution < -0.4 is 0 Å². The Morgan fingerprint density at radius 3 is 2.69 bits per heavy atom. The third-order valence-corrected chi connectivity index (χ3v) is 2.63. The average molecular weight is 175 g/mol. The number of hydrogen-bond donors (Lipinski definition) is 0. The molecule has 0 spiro atoms. The fourth-order valence-electron chi connectivity index (χ4n) is 1.66. The van der Waals surface area contributed by atoms with Crippen molar-refractivity contribution in [1.82, 2.24) is 4.90 Å². The van der Waals surface area contributed by atoms with E-state index in [1.54, 1.807) is 0 Å². The van der Waals surface area contributed by atoms with Gasteiger partial charge in [-0.1, -0.05) is 30.3 Å². The number of nitrogens with zero attached hydrogens (tertiary/aromatic N) is 1. The first-order valence-corrected chi connectivity index (χ1v) is 4.59. The highest BCUT2D eigenvalue weighted by molar-refractivity contribution is 5.62. The van der Waals surface area contributed by atoms with Gasteiger partial charge in [-0.05, 0) is 12.5 Å². The average Bonchev–Trinajstić information content (AvgIpc) is 2.97. The van der Waals surface area contributed by atoms with Gasteiger partial charge in [-0.25, -0.2) is 0 Å². The van der Waals surface area contributed by atoms with Crippen LogP contribution in [-0.4, -0.2) is 23.8 Å². The minimum Gasteiger partial charge on any atom is -0.302 e. The van der Waals surface area contributed by atoms with E-state index < -0.39 is 0 Å². The molecular weight excluding hydrogens is 162 g/mol. The van der Waals surface area contributed by atoms with Crippen LogP contribution in [0.15, 0.2) is 30.3 Å². The second-order valence-electron chi connectivity index (χ2n) is 3.49. The van der Waals surface area contributed by atoms with Crippen molar-refractivity contribution >= 4 is 6.29 Å². The summed E-state index contributed by atoms with van der Waals surface area (Å²) in [5.41, 5.74) is 1.28. The van der Waals surface area contributed by atoms with E-state index in [1.165, 1.54) is 5.56 Å². The van der Waals surface area contributed by atoms with Crippen molar-refractivity contribution in [3.05, 3.63) is 35.9 Å². The summed E-state index contributed by atoms with van der Waals surface area (Å²) in [7, 11) is 0. The first-order valence-electron chi connectivity index (χ1n) is 4.59. The van der Waals surface area contributed by atoms with E-state index in [9.17, 15) is 4.79 Å². The van der Waals surface area contributed by atoms with Gasteiger partial charge in [-0.15, -0.1) is 0 Å². The van der Waals surface area contributed by atoms with E-state index in [2.05, 4.69) is 24.0 Å². The second-order valence-corrected chi connectivity index (χ2v) is 3.49. The molecule has 1 saturated heterocycles. The molecule has 2 rings (SSSR count). The molecule has 1 fully saturated rings. The van der Waals surface area contributed by atoms with Crippen LogP contribution in [0.3, 0.4) is 0 Å². The van der Waals surface area contributed by atoms with E-state index in [0.29, 0.717) is 6.04 Å². The van der Waals surface area contributed by atoms with Gasteiger partial charge in [0.2, 0.25) is 0 Å². The SMILES string of the molecule is C[C@@H](c1ccccc1)N1C[C@H]1C=O. The highest BCUT2D eigenvalue weighted by atomic mass is 16.1. The third-order valence-electron chi connectivity index (χ3n) is 2.63. The Morgan fingerprint density at radius 1 is 1.46 bits per heavy atom. The van der Waals surface area contributed by atoms with Crippen molar-refractivity contribution in [2.75, 3.05) is 6.54 Å². The first kappa shape index (κ1) is 8.45. The van der Waals surface area contributed by atoms with Gasteiger partial charge in [0.05, 0.1) is 6.04 Å². The Hall–Kier alpha value is -1.15. The van der Waals surface area contributed by atoms with E-state index in [1.807, 2.05) is 18.2 Å². The number of hydrogen-bond acceptors (Lipinski definition) is 2. The zero-order chi connectivity index (χ0) is 9.26. The molecular formula is C11H13NO. The molecule has 0 N–H and O–H groups in total. The van der Waals surface area contributed by atoms with E-state index >= 15 is 0 Å². The zero-order valence-electron chi connectivity index (χ0n) is 7.68. The molecule has 13 heavy (non-hydrogen) atoms. The molecule has 1 unspecified atom stereocenters. The van der Waals surface area contributed by atoms with Crippen molar-refractivity contribution in [2.45, 2.75) is 19.0 Å². The molecule has 68 valence electrons. The van der Waals surface area contributed by atoms with Crippen LogP contribution in [0.25, 0.3) is 0 Å². The normalized spacial score (nSPS) is 28.1. The molecule has 0 aromatic heterocycles. The van der Waals surface area contributed by atoms with Gasteiger partial charge in [-0.2, -0.15) is 0 Å². The molecule has 1 aliphatic rings. The smallest absolute Gasteiger partial charge is 0.138 e. The highest BCUT2D eigenvalue weighted by Crippen LogP contribution is 2.30. The van der Waals surface area contributed by atoms with Crippen LogP contribution in [0.1, 0.15) is 18.5 Å². The molecule has 1 aliphatic heterocycles. The number of carbonyl (C=O) groups is 1. The summed E-state index contributed by atoms with van der Waals surface area (Å²) < 4.78 is 0. The number of aldehydes is 1. The molecule has 0 aliphatic carbocycles. The van der Waals surface area contributed by atoms with Gasteiger partial charge >= 0.3 is 0 Å². The van der Waals surface area contributed by atoms with E-state index in [4.69, 9.17) is 0 Å². The largest absolute Gasteiger partial charge is 0.302 e. The van der Waals surface area contributed by atoms with Crippen LogP contribution in [0.5, 0.6) is 0 Å². The van der Waals surface area contributed by atoms with Crippen molar-refractivity contribution in [1.29, 1.82) is 0 Å². The quantitative estimate of drug-likeness (QED) is 0.514. The Bertz CT molecular complexity index is 296. The lowest BCUT2D eigenvalue weighted by atomic mass is 10.1. The molecule has 0 bridgehead atoms. The summed E-state index contributed by atoms with van der Waals surface area (Å²) >= 11 is 0. The number of benzene rings is 1. The lowest BCUT2D eigenvalue weighted by Gasteiger charge is -2.12. The molecule has 1 aromatic carbocycles. The van der Waals surface area contributed by atoms with Crippen LogP contribution in [0.2, 0.25) is 0 Å². The van der Waals surface area contributed by atoms with Gasteiger partial charge in [0.15, 0.2) is 0 Å². The topological polar surface area (TPSA) is 20.1 Å². The van der Waals surface area contributed by atoms with Gasteiger partial charge < -0.3 is 4.79 Å². The van der Waals surface area contributed by atoms with Gasteiger partial charge in [0, 0.05) is 12.6 Å². The first-order chi connectivity index (χ1) is 6.33. The lowest BCUT2D eigenvalue weighted by Crippen LogP contribution is -2.08. The minimum atomic E-state index is 0.162. The van der Waals surface area contributed by atoms with Crippen molar-refractivity contribution in [3.8, 4) is 0 Å². The molecule has 2 heteroatoms. The second kappa shape index (κ2) is 3.30. The fourth-order valence-corrected chi connectivity index (χ4v) is 1.66. The number of rotatable bonds is 3.